The van der Waals surface area contributed by atoms with Crippen LogP contribution in [0.1, 0.15) is 15.9 Å². The molecule has 2 aromatic heterocycles. The van der Waals surface area contributed by atoms with Crippen LogP contribution in [0.25, 0.3) is 0 Å². The fraction of sp³-hybridized carbons (Fsp3) is 0.154. The topological polar surface area (TPSA) is 64.1 Å². The number of ether oxygens (including phenoxy) is 1. The molecule has 0 atom stereocenters. The van der Waals surface area contributed by atoms with Crippen LogP contribution in [0, 0.1) is 6.92 Å². The van der Waals surface area contributed by atoms with Crippen molar-refractivity contribution in [3.63, 3.8) is 0 Å². The van der Waals surface area contributed by atoms with E-state index in [-0.39, 0.29) is 11.1 Å². The summed E-state index contributed by atoms with van der Waals surface area (Å²) in [4.78, 5) is 20.0. The lowest BCUT2D eigenvalue weighted by atomic mass is 10.2. The van der Waals surface area contributed by atoms with Crippen LogP contribution in [0.3, 0.4) is 0 Å². The van der Waals surface area contributed by atoms with Gasteiger partial charge in [-0.2, -0.15) is 0 Å². The maximum Gasteiger partial charge on any atom is 0.259 e. The summed E-state index contributed by atoms with van der Waals surface area (Å²) < 4.78 is 5.09. The first-order valence-electron chi connectivity index (χ1n) is 5.54. The van der Waals surface area contributed by atoms with E-state index in [9.17, 15) is 4.79 Å². The van der Waals surface area contributed by atoms with Gasteiger partial charge in [-0.15, -0.1) is 0 Å². The number of pyridine rings is 2. The molecule has 0 saturated heterocycles. The van der Waals surface area contributed by atoms with Crippen molar-refractivity contribution in [2.45, 2.75) is 6.92 Å². The number of anilines is 1. The summed E-state index contributed by atoms with van der Waals surface area (Å²) in [5.41, 5.74) is 1.71. The lowest BCUT2D eigenvalue weighted by Crippen LogP contribution is -2.14. The van der Waals surface area contributed by atoms with Crippen LogP contribution in [-0.2, 0) is 0 Å². The molecule has 5 nitrogen and oxygen atoms in total. The molecular weight excluding hydrogens is 266 g/mol. The molecule has 0 aliphatic rings. The van der Waals surface area contributed by atoms with Crippen molar-refractivity contribution in [1.29, 1.82) is 0 Å². The van der Waals surface area contributed by atoms with Gasteiger partial charge in [0.1, 0.15) is 5.75 Å². The summed E-state index contributed by atoms with van der Waals surface area (Å²) in [6.45, 7) is 1.84. The minimum absolute atomic E-state index is 0.251. The van der Waals surface area contributed by atoms with E-state index in [1.54, 1.807) is 18.3 Å². The second kappa shape index (κ2) is 5.67. The lowest BCUT2D eigenvalue weighted by molar-refractivity contribution is 0.102. The van der Waals surface area contributed by atoms with Gasteiger partial charge in [-0.3, -0.25) is 9.78 Å². The second-order valence-corrected chi connectivity index (χ2v) is 4.18. The van der Waals surface area contributed by atoms with Crippen LogP contribution >= 0.6 is 11.6 Å². The van der Waals surface area contributed by atoms with Crippen LogP contribution < -0.4 is 10.1 Å². The molecule has 0 aromatic carbocycles. The van der Waals surface area contributed by atoms with Crippen molar-refractivity contribution in [3.05, 3.63) is 47.0 Å². The predicted octanol–water partition coefficient (Wildman–Crippen LogP) is 2.70. The average molecular weight is 278 g/mol. The first-order valence-corrected chi connectivity index (χ1v) is 5.91. The maximum atomic E-state index is 12.2. The normalized spacial score (nSPS) is 10.1. The number of rotatable bonds is 3. The summed E-state index contributed by atoms with van der Waals surface area (Å²) in [5, 5.41) is 2.98. The molecule has 1 N–H and O–H groups in total. The number of nitrogens with one attached hydrogen (secondary N) is 1. The zero-order valence-electron chi connectivity index (χ0n) is 10.5. The minimum atomic E-state index is -0.322. The Morgan fingerprint density at radius 1 is 1.37 bits per heavy atom. The molecule has 0 aliphatic carbocycles. The second-order valence-electron chi connectivity index (χ2n) is 3.82. The SMILES string of the molecule is COc1cnccc1C(=O)Nc1c(C)ccnc1Cl. The molecule has 0 spiro atoms. The van der Waals surface area contributed by atoms with E-state index < -0.39 is 0 Å². The third kappa shape index (κ3) is 2.82. The molecule has 1 amide bonds. The van der Waals surface area contributed by atoms with E-state index in [2.05, 4.69) is 15.3 Å². The molecule has 0 aliphatic heterocycles. The van der Waals surface area contributed by atoms with Gasteiger partial charge < -0.3 is 10.1 Å². The fourth-order valence-electron chi connectivity index (χ4n) is 1.59. The Balaban J connectivity index is 2.31. The van der Waals surface area contributed by atoms with Gasteiger partial charge in [0.15, 0.2) is 5.15 Å². The molecule has 0 bridgehead atoms. The molecule has 98 valence electrons. The van der Waals surface area contributed by atoms with Crippen molar-refractivity contribution in [3.8, 4) is 5.75 Å². The third-order valence-corrected chi connectivity index (χ3v) is 2.89. The van der Waals surface area contributed by atoms with E-state index in [0.29, 0.717) is 17.0 Å². The third-order valence-electron chi connectivity index (χ3n) is 2.60. The monoisotopic (exact) mass is 277 g/mol. The Kier molecular flexibility index (Phi) is 3.97. The van der Waals surface area contributed by atoms with Gasteiger partial charge in [0.25, 0.3) is 5.91 Å². The highest BCUT2D eigenvalue weighted by Gasteiger charge is 2.15. The van der Waals surface area contributed by atoms with Gasteiger partial charge in [-0.1, -0.05) is 11.6 Å². The molecule has 2 rings (SSSR count). The van der Waals surface area contributed by atoms with Crippen molar-refractivity contribution in [1.82, 2.24) is 9.97 Å². The van der Waals surface area contributed by atoms with E-state index in [0.717, 1.165) is 5.56 Å². The van der Waals surface area contributed by atoms with Gasteiger partial charge >= 0.3 is 0 Å². The highest BCUT2D eigenvalue weighted by molar-refractivity contribution is 6.32. The number of methoxy groups -OCH3 is 1. The highest BCUT2D eigenvalue weighted by Crippen LogP contribution is 2.25. The number of halogens is 1. The molecule has 2 heterocycles. The van der Waals surface area contributed by atoms with E-state index in [4.69, 9.17) is 16.3 Å². The zero-order valence-corrected chi connectivity index (χ0v) is 11.2. The Hall–Kier alpha value is -2.14. The van der Waals surface area contributed by atoms with Crippen molar-refractivity contribution in [2.75, 3.05) is 12.4 Å². The van der Waals surface area contributed by atoms with Gasteiger partial charge in [0, 0.05) is 12.4 Å². The van der Waals surface area contributed by atoms with Crippen molar-refractivity contribution < 1.29 is 9.53 Å². The molecule has 19 heavy (non-hydrogen) atoms. The molecule has 0 fully saturated rings. The van der Waals surface area contributed by atoms with Crippen LogP contribution in [0.15, 0.2) is 30.7 Å². The summed E-state index contributed by atoms with van der Waals surface area (Å²) in [6.07, 6.45) is 4.59. The number of hydrogen-bond acceptors (Lipinski definition) is 4. The summed E-state index contributed by atoms with van der Waals surface area (Å²) in [6, 6.07) is 3.35. The summed E-state index contributed by atoms with van der Waals surface area (Å²) >= 11 is 5.97. The number of nitrogens with zero attached hydrogens (tertiary/aromatic N) is 2. The fourth-order valence-corrected chi connectivity index (χ4v) is 1.84. The van der Waals surface area contributed by atoms with Crippen LogP contribution in [0.4, 0.5) is 5.69 Å². The zero-order chi connectivity index (χ0) is 13.8. The molecular formula is C13H12ClN3O2. The Bertz CT molecular complexity index is 596. The first-order chi connectivity index (χ1) is 9.13. The Morgan fingerprint density at radius 3 is 2.84 bits per heavy atom. The molecule has 2 aromatic rings. The minimum Gasteiger partial charge on any atom is -0.494 e. The number of hydrogen-bond donors (Lipinski definition) is 1. The predicted molar refractivity (Wildman–Crippen MR) is 72.7 cm³/mol. The highest BCUT2D eigenvalue weighted by atomic mass is 35.5. The van der Waals surface area contributed by atoms with E-state index >= 15 is 0 Å². The largest absolute Gasteiger partial charge is 0.494 e. The maximum absolute atomic E-state index is 12.2. The lowest BCUT2D eigenvalue weighted by Gasteiger charge is -2.11. The Labute approximate surface area is 115 Å². The van der Waals surface area contributed by atoms with Crippen LogP contribution in [-0.4, -0.2) is 23.0 Å². The molecule has 0 radical (unpaired) electrons. The van der Waals surface area contributed by atoms with Crippen LogP contribution in [0.2, 0.25) is 5.15 Å². The number of carbonyl (C=O) groups excluding carboxylic acids is 1. The standard InChI is InChI=1S/C13H12ClN3O2/c1-8-3-6-16-12(14)11(8)17-13(18)9-4-5-15-7-10(9)19-2/h3-7H,1-2H3,(H,17,18). The van der Waals surface area contributed by atoms with Gasteiger partial charge in [-0.05, 0) is 24.6 Å². The van der Waals surface area contributed by atoms with Crippen molar-refractivity contribution >= 4 is 23.2 Å². The summed E-state index contributed by atoms with van der Waals surface area (Å²) in [5.74, 6) is 0.0786. The molecule has 0 unspecified atom stereocenters. The number of aromatic nitrogens is 2. The number of aryl methyl sites for hydroxylation is 1. The van der Waals surface area contributed by atoms with Crippen molar-refractivity contribution in [2.24, 2.45) is 0 Å². The molecule has 0 saturated carbocycles. The first kappa shape index (κ1) is 13.3. The summed E-state index contributed by atoms with van der Waals surface area (Å²) in [7, 11) is 1.48. The number of amides is 1. The van der Waals surface area contributed by atoms with Gasteiger partial charge in [-0.25, -0.2) is 4.98 Å². The Morgan fingerprint density at radius 2 is 2.16 bits per heavy atom. The molecule has 6 heteroatoms. The average Bonchev–Trinajstić information content (AvgIpc) is 2.42. The van der Waals surface area contributed by atoms with Gasteiger partial charge in [0.05, 0.1) is 24.6 Å². The van der Waals surface area contributed by atoms with Crippen LogP contribution in [0.5, 0.6) is 5.75 Å². The quantitative estimate of drug-likeness (QED) is 0.876. The van der Waals surface area contributed by atoms with Gasteiger partial charge in [0.2, 0.25) is 0 Å². The van der Waals surface area contributed by atoms with E-state index in [1.165, 1.54) is 19.5 Å². The smallest absolute Gasteiger partial charge is 0.259 e. The number of carbonyl (C=O) groups is 1. The van der Waals surface area contributed by atoms with E-state index in [1.807, 2.05) is 6.92 Å².